The summed E-state index contributed by atoms with van der Waals surface area (Å²) in [5, 5.41) is 11.3. The summed E-state index contributed by atoms with van der Waals surface area (Å²) in [4.78, 5) is 48.1. The average molecular weight is 324 g/mol. The third kappa shape index (κ3) is 2.74. The van der Waals surface area contributed by atoms with Gasteiger partial charge in [0.2, 0.25) is 5.91 Å². The summed E-state index contributed by atoms with van der Waals surface area (Å²) < 4.78 is 0. The van der Waals surface area contributed by atoms with Gasteiger partial charge < -0.3 is 10.4 Å². The number of carbonyl (C=O) groups excluding carboxylic acids is 3. The molecule has 0 bridgehead atoms. The van der Waals surface area contributed by atoms with Crippen LogP contribution >= 0.6 is 0 Å². The predicted octanol–water partition coefficient (Wildman–Crippen LogP) is 1.62. The molecule has 3 amide bonds. The second-order valence-electron chi connectivity index (χ2n) is 5.17. The first-order valence-electron chi connectivity index (χ1n) is 7.06. The minimum Gasteiger partial charge on any atom is -0.478 e. The molecule has 0 spiro atoms. The predicted molar refractivity (Wildman–Crippen MR) is 83.8 cm³/mol. The number of anilines is 1. The molecule has 3 rings (SSSR count). The Labute approximate surface area is 136 Å². The van der Waals surface area contributed by atoms with Crippen LogP contribution in [0.1, 0.15) is 31.1 Å². The molecule has 1 aliphatic rings. The van der Waals surface area contributed by atoms with Crippen LogP contribution in [-0.2, 0) is 4.79 Å². The summed E-state index contributed by atoms with van der Waals surface area (Å²) in [6.07, 6.45) is 0. The van der Waals surface area contributed by atoms with Gasteiger partial charge in [-0.2, -0.15) is 0 Å². The van der Waals surface area contributed by atoms with Gasteiger partial charge in [-0.05, 0) is 36.4 Å². The van der Waals surface area contributed by atoms with E-state index in [2.05, 4.69) is 5.32 Å². The molecule has 120 valence electrons. The maximum atomic E-state index is 12.2. The van der Waals surface area contributed by atoms with E-state index in [4.69, 9.17) is 5.11 Å². The molecule has 24 heavy (non-hydrogen) atoms. The van der Waals surface area contributed by atoms with Crippen LogP contribution in [0.4, 0.5) is 5.69 Å². The summed E-state index contributed by atoms with van der Waals surface area (Å²) in [5.74, 6) is -2.63. The summed E-state index contributed by atoms with van der Waals surface area (Å²) in [7, 11) is 0. The van der Waals surface area contributed by atoms with Gasteiger partial charge in [0.15, 0.2) is 0 Å². The van der Waals surface area contributed by atoms with Crippen molar-refractivity contribution in [3.8, 4) is 0 Å². The molecule has 2 aromatic carbocycles. The molecule has 0 saturated carbocycles. The number of nitrogens with one attached hydrogen (secondary N) is 1. The van der Waals surface area contributed by atoms with Crippen molar-refractivity contribution in [1.29, 1.82) is 0 Å². The van der Waals surface area contributed by atoms with Gasteiger partial charge in [0.1, 0.15) is 6.54 Å². The molecule has 1 aliphatic heterocycles. The Morgan fingerprint density at radius 2 is 1.46 bits per heavy atom. The van der Waals surface area contributed by atoms with Gasteiger partial charge in [-0.3, -0.25) is 19.3 Å². The Hall–Kier alpha value is -3.48. The van der Waals surface area contributed by atoms with E-state index in [-0.39, 0.29) is 16.7 Å². The van der Waals surface area contributed by atoms with Crippen LogP contribution in [-0.4, -0.2) is 40.2 Å². The topological polar surface area (TPSA) is 104 Å². The Kier molecular flexibility index (Phi) is 3.83. The molecule has 0 aromatic heterocycles. The van der Waals surface area contributed by atoms with Crippen LogP contribution in [0.15, 0.2) is 48.5 Å². The number of imide groups is 1. The summed E-state index contributed by atoms with van der Waals surface area (Å²) in [6, 6.07) is 11.9. The molecule has 7 nitrogen and oxygen atoms in total. The highest BCUT2D eigenvalue weighted by atomic mass is 16.4. The quantitative estimate of drug-likeness (QED) is 0.832. The number of hydrogen-bond donors (Lipinski definition) is 2. The van der Waals surface area contributed by atoms with Crippen LogP contribution in [0.3, 0.4) is 0 Å². The fourth-order valence-corrected chi connectivity index (χ4v) is 2.42. The summed E-state index contributed by atoms with van der Waals surface area (Å²) >= 11 is 0. The van der Waals surface area contributed by atoms with Crippen LogP contribution in [0, 0.1) is 0 Å². The standard InChI is InChI=1S/C17H12N2O5/c20-14(18-11-7-5-10(6-8-11)17(23)24)9-19-15(21)12-3-1-2-4-13(12)16(19)22/h1-8H,9H2,(H,18,20)(H,23,24). The molecule has 0 radical (unpaired) electrons. The van der Waals surface area contributed by atoms with E-state index in [1.807, 2.05) is 0 Å². The molecule has 0 unspecified atom stereocenters. The molecule has 0 fully saturated rings. The van der Waals surface area contributed by atoms with Crippen molar-refractivity contribution in [2.24, 2.45) is 0 Å². The number of rotatable bonds is 4. The fourth-order valence-electron chi connectivity index (χ4n) is 2.42. The van der Waals surface area contributed by atoms with Crippen molar-refractivity contribution in [2.75, 3.05) is 11.9 Å². The number of carboxylic acid groups (broad SMARTS) is 1. The summed E-state index contributed by atoms with van der Waals surface area (Å²) in [5.41, 5.74) is 1.03. The number of benzene rings is 2. The van der Waals surface area contributed by atoms with E-state index in [0.29, 0.717) is 5.69 Å². The first-order valence-corrected chi connectivity index (χ1v) is 7.06. The normalized spacial score (nSPS) is 12.9. The SMILES string of the molecule is O=C(CN1C(=O)c2ccccc2C1=O)Nc1ccc(C(=O)O)cc1. The lowest BCUT2D eigenvalue weighted by Gasteiger charge is -2.13. The molecular formula is C17H12N2O5. The van der Waals surface area contributed by atoms with Crippen LogP contribution < -0.4 is 5.32 Å². The van der Waals surface area contributed by atoms with Gasteiger partial charge in [0.05, 0.1) is 16.7 Å². The van der Waals surface area contributed by atoms with Crippen molar-refractivity contribution in [1.82, 2.24) is 4.90 Å². The zero-order chi connectivity index (χ0) is 17.3. The largest absolute Gasteiger partial charge is 0.478 e. The third-order valence-corrected chi connectivity index (χ3v) is 3.60. The van der Waals surface area contributed by atoms with Crippen LogP contribution in [0.5, 0.6) is 0 Å². The minimum absolute atomic E-state index is 0.0911. The first-order chi connectivity index (χ1) is 11.5. The van der Waals surface area contributed by atoms with Gasteiger partial charge in [-0.25, -0.2) is 4.79 Å². The van der Waals surface area contributed by atoms with E-state index >= 15 is 0 Å². The molecule has 2 aromatic rings. The zero-order valence-corrected chi connectivity index (χ0v) is 12.4. The Morgan fingerprint density at radius 1 is 0.917 bits per heavy atom. The maximum Gasteiger partial charge on any atom is 0.335 e. The summed E-state index contributed by atoms with van der Waals surface area (Å²) in [6.45, 7) is -0.410. The van der Waals surface area contributed by atoms with E-state index in [1.54, 1.807) is 12.1 Å². The van der Waals surface area contributed by atoms with Crippen LogP contribution in [0.25, 0.3) is 0 Å². The lowest BCUT2D eigenvalue weighted by Crippen LogP contribution is -2.37. The average Bonchev–Trinajstić information content (AvgIpc) is 2.81. The smallest absolute Gasteiger partial charge is 0.335 e. The molecule has 0 aliphatic carbocycles. The van der Waals surface area contributed by atoms with Crippen molar-refractivity contribution in [3.63, 3.8) is 0 Å². The third-order valence-electron chi connectivity index (χ3n) is 3.60. The number of aromatic carboxylic acids is 1. The highest BCUT2D eigenvalue weighted by molar-refractivity contribution is 6.22. The number of amides is 3. The second-order valence-corrected chi connectivity index (χ2v) is 5.17. The number of carboxylic acids is 1. The lowest BCUT2D eigenvalue weighted by atomic mass is 10.1. The molecule has 0 saturated heterocycles. The van der Waals surface area contributed by atoms with E-state index in [9.17, 15) is 19.2 Å². The van der Waals surface area contributed by atoms with Crippen molar-refractivity contribution in [3.05, 3.63) is 65.2 Å². The lowest BCUT2D eigenvalue weighted by molar-refractivity contribution is -0.116. The van der Waals surface area contributed by atoms with Gasteiger partial charge in [-0.1, -0.05) is 12.1 Å². The number of carbonyl (C=O) groups is 4. The number of hydrogen-bond acceptors (Lipinski definition) is 4. The highest BCUT2D eigenvalue weighted by Gasteiger charge is 2.36. The number of nitrogens with zero attached hydrogens (tertiary/aromatic N) is 1. The monoisotopic (exact) mass is 324 g/mol. The minimum atomic E-state index is -1.07. The Balaban J connectivity index is 1.69. The van der Waals surface area contributed by atoms with Gasteiger partial charge in [-0.15, -0.1) is 0 Å². The Bertz CT molecular complexity index is 823. The molecule has 1 heterocycles. The van der Waals surface area contributed by atoms with E-state index in [0.717, 1.165) is 4.90 Å². The van der Waals surface area contributed by atoms with Gasteiger partial charge >= 0.3 is 5.97 Å². The van der Waals surface area contributed by atoms with Crippen molar-refractivity contribution < 1.29 is 24.3 Å². The van der Waals surface area contributed by atoms with Gasteiger partial charge in [0, 0.05) is 5.69 Å². The van der Waals surface area contributed by atoms with Crippen molar-refractivity contribution >= 4 is 29.4 Å². The van der Waals surface area contributed by atoms with E-state index < -0.39 is 30.2 Å². The van der Waals surface area contributed by atoms with Crippen LogP contribution in [0.2, 0.25) is 0 Å². The Morgan fingerprint density at radius 3 is 1.96 bits per heavy atom. The maximum absolute atomic E-state index is 12.2. The molecule has 0 atom stereocenters. The molecule has 2 N–H and O–H groups in total. The number of fused-ring (bicyclic) bond motifs is 1. The van der Waals surface area contributed by atoms with Crippen molar-refractivity contribution in [2.45, 2.75) is 0 Å². The zero-order valence-electron chi connectivity index (χ0n) is 12.4. The second kappa shape index (κ2) is 5.96. The first kappa shape index (κ1) is 15.4. The molecular weight excluding hydrogens is 312 g/mol. The molecule has 7 heteroatoms. The highest BCUT2D eigenvalue weighted by Crippen LogP contribution is 2.22. The van der Waals surface area contributed by atoms with Gasteiger partial charge in [0.25, 0.3) is 11.8 Å². The van der Waals surface area contributed by atoms with E-state index in [1.165, 1.54) is 36.4 Å². The fraction of sp³-hybridized carbons (Fsp3) is 0.0588.